The highest BCUT2D eigenvalue weighted by atomic mass is 35.5. The van der Waals surface area contributed by atoms with Gasteiger partial charge in [-0.15, -0.1) is 0 Å². The average molecular weight is 494 g/mol. The topological polar surface area (TPSA) is 72.3 Å². The van der Waals surface area contributed by atoms with Crippen molar-refractivity contribution in [1.29, 1.82) is 0 Å². The van der Waals surface area contributed by atoms with Crippen LogP contribution < -0.4 is 5.32 Å². The standard InChI is InChI=1S/C27H32ClN5O2/c1-18(2)30-26(34)15-32-14-25(31-27(32)20-4-3-5-21(28)12-20)24-9-6-19(13-29-24)10-11-33-22-7-8-23(33)17-35-16-22/h3-6,9,12-14,18,22-23H,7-8,10-11,15-17H2,1-2H3,(H,30,34). The molecule has 0 saturated carbocycles. The summed E-state index contributed by atoms with van der Waals surface area (Å²) in [5.41, 5.74) is 3.59. The lowest BCUT2D eigenvalue weighted by Crippen LogP contribution is -2.46. The molecule has 2 fully saturated rings. The van der Waals surface area contributed by atoms with Crippen molar-refractivity contribution in [2.45, 2.75) is 57.8 Å². The lowest BCUT2D eigenvalue weighted by molar-refractivity contribution is -0.122. The van der Waals surface area contributed by atoms with E-state index in [1.54, 1.807) is 0 Å². The van der Waals surface area contributed by atoms with Crippen LogP contribution >= 0.6 is 11.6 Å². The molecule has 2 aliphatic rings. The molecule has 2 bridgehead atoms. The number of benzene rings is 1. The molecular formula is C27H32ClN5O2. The lowest BCUT2D eigenvalue weighted by Gasteiger charge is -2.34. The zero-order valence-electron chi connectivity index (χ0n) is 20.3. The summed E-state index contributed by atoms with van der Waals surface area (Å²) < 4.78 is 7.56. The Morgan fingerprint density at radius 2 is 1.97 bits per heavy atom. The fourth-order valence-corrected chi connectivity index (χ4v) is 5.29. The Balaban J connectivity index is 1.34. The number of hydrogen-bond donors (Lipinski definition) is 1. The minimum absolute atomic E-state index is 0.0624. The molecule has 0 radical (unpaired) electrons. The van der Waals surface area contributed by atoms with Gasteiger partial charge >= 0.3 is 0 Å². The smallest absolute Gasteiger partial charge is 0.240 e. The van der Waals surface area contributed by atoms with E-state index in [-0.39, 0.29) is 18.5 Å². The second-order valence-electron chi connectivity index (χ2n) is 9.77. The summed E-state index contributed by atoms with van der Waals surface area (Å²) >= 11 is 6.23. The summed E-state index contributed by atoms with van der Waals surface area (Å²) in [5, 5.41) is 3.57. The van der Waals surface area contributed by atoms with Crippen molar-refractivity contribution >= 4 is 17.5 Å². The zero-order valence-corrected chi connectivity index (χ0v) is 21.0. The van der Waals surface area contributed by atoms with Crippen molar-refractivity contribution in [2.24, 2.45) is 0 Å². The van der Waals surface area contributed by atoms with Gasteiger partial charge in [-0.1, -0.05) is 29.8 Å². The molecule has 2 saturated heterocycles. The van der Waals surface area contributed by atoms with E-state index >= 15 is 0 Å². The molecule has 2 unspecified atom stereocenters. The normalized spacial score (nSPS) is 19.9. The molecule has 35 heavy (non-hydrogen) atoms. The average Bonchev–Trinajstić information content (AvgIpc) is 3.33. The van der Waals surface area contributed by atoms with Crippen molar-refractivity contribution in [3.8, 4) is 22.8 Å². The Morgan fingerprint density at radius 3 is 2.66 bits per heavy atom. The highest BCUT2D eigenvalue weighted by Gasteiger charge is 2.36. The first kappa shape index (κ1) is 24.0. The molecule has 1 amide bonds. The number of ether oxygens (including phenoxy) is 1. The number of aromatic nitrogens is 3. The molecule has 8 heteroatoms. The van der Waals surface area contributed by atoms with Gasteiger partial charge in [0.05, 0.1) is 18.9 Å². The van der Waals surface area contributed by atoms with Gasteiger partial charge in [0.1, 0.15) is 18.1 Å². The molecular weight excluding hydrogens is 462 g/mol. The third kappa shape index (κ3) is 5.58. The van der Waals surface area contributed by atoms with Crippen LogP contribution in [0, 0.1) is 0 Å². The fraction of sp³-hybridized carbons (Fsp3) is 0.444. The van der Waals surface area contributed by atoms with Crippen molar-refractivity contribution in [3.63, 3.8) is 0 Å². The molecule has 184 valence electrons. The lowest BCUT2D eigenvalue weighted by atomic mass is 10.1. The van der Waals surface area contributed by atoms with Crippen LogP contribution in [0.1, 0.15) is 32.3 Å². The molecule has 2 aliphatic heterocycles. The Bertz CT molecular complexity index is 1160. The van der Waals surface area contributed by atoms with Crippen LogP contribution in [0.25, 0.3) is 22.8 Å². The molecule has 0 aliphatic carbocycles. The fourth-order valence-electron chi connectivity index (χ4n) is 5.10. The van der Waals surface area contributed by atoms with Gasteiger partial charge in [-0.2, -0.15) is 0 Å². The van der Waals surface area contributed by atoms with E-state index in [9.17, 15) is 4.79 Å². The summed E-state index contributed by atoms with van der Waals surface area (Å²) in [5.74, 6) is 0.627. The first-order valence-electron chi connectivity index (χ1n) is 12.4. The second kappa shape index (κ2) is 10.5. The van der Waals surface area contributed by atoms with Crippen molar-refractivity contribution < 1.29 is 9.53 Å². The Labute approximate surface area is 211 Å². The first-order valence-corrected chi connectivity index (χ1v) is 12.8. The number of halogens is 1. The van der Waals surface area contributed by atoms with E-state index in [1.165, 1.54) is 18.4 Å². The molecule has 3 aromatic rings. The SMILES string of the molecule is CC(C)NC(=O)Cn1cc(-c2ccc(CCN3C4CCC3COC4)cn2)nc1-c1cccc(Cl)c1. The summed E-state index contributed by atoms with van der Waals surface area (Å²) in [4.78, 5) is 24.7. The molecule has 2 atom stereocenters. The van der Waals surface area contributed by atoms with Gasteiger partial charge in [0.15, 0.2) is 0 Å². The number of amides is 1. The predicted molar refractivity (Wildman–Crippen MR) is 137 cm³/mol. The number of hydrogen-bond acceptors (Lipinski definition) is 5. The maximum absolute atomic E-state index is 12.5. The van der Waals surface area contributed by atoms with Gasteiger partial charge in [0.25, 0.3) is 0 Å². The van der Waals surface area contributed by atoms with E-state index in [1.807, 2.05) is 61.1 Å². The van der Waals surface area contributed by atoms with Crippen LogP contribution in [0.3, 0.4) is 0 Å². The van der Waals surface area contributed by atoms with E-state index in [4.69, 9.17) is 26.3 Å². The minimum atomic E-state index is -0.0624. The van der Waals surface area contributed by atoms with Crippen molar-refractivity contribution in [2.75, 3.05) is 19.8 Å². The quantitative estimate of drug-likeness (QED) is 0.509. The number of morpholine rings is 1. The van der Waals surface area contributed by atoms with E-state index in [2.05, 4.69) is 16.3 Å². The van der Waals surface area contributed by atoms with Crippen LogP contribution in [0.2, 0.25) is 5.02 Å². The number of rotatable bonds is 8. The van der Waals surface area contributed by atoms with Crippen molar-refractivity contribution in [1.82, 2.24) is 24.8 Å². The van der Waals surface area contributed by atoms with Crippen LogP contribution in [0.5, 0.6) is 0 Å². The number of fused-ring (bicyclic) bond motifs is 2. The molecule has 5 rings (SSSR count). The van der Waals surface area contributed by atoms with E-state index in [0.29, 0.717) is 22.9 Å². The highest BCUT2D eigenvalue weighted by molar-refractivity contribution is 6.30. The van der Waals surface area contributed by atoms with E-state index in [0.717, 1.165) is 43.1 Å². The molecule has 1 N–H and O–H groups in total. The van der Waals surface area contributed by atoms with Gasteiger partial charge < -0.3 is 14.6 Å². The Kier molecular flexibility index (Phi) is 7.18. The second-order valence-corrected chi connectivity index (χ2v) is 10.2. The first-order chi connectivity index (χ1) is 17.0. The molecule has 2 aromatic heterocycles. The number of nitrogens with zero attached hydrogens (tertiary/aromatic N) is 4. The Morgan fingerprint density at radius 1 is 1.17 bits per heavy atom. The van der Waals surface area contributed by atoms with Gasteiger partial charge in [-0.05, 0) is 56.9 Å². The third-order valence-electron chi connectivity index (χ3n) is 6.76. The molecule has 0 spiro atoms. The number of imidazole rings is 1. The van der Waals surface area contributed by atoms with Crippen LogP contribution in [0.4, 0.5) is 0 Å². The largest absolute Gasteiger partial charge is 0.378 e. The zero-order chi connectivity index (χ0) is 24.4. The molecule has 7 nitrogen and oxygen atoms in total. The highest BCUT2D eigenvalue weighted by Crippen LogP contribution is 2.29. The molecule has 1 aromatic carbocycles. The van der Waals surface area contributed by atoms with E-state index < -0.39 is 0 Å². The monoisotopic (exact) mass is 493 g/mol. The van der Waals surface area contributed by atoms with Gasteiger partial charge in [0.2, 0.25) is 5.91 Å². The predicted octanol–water partition coefficient (Wildman–Crippen LogP) is 4.20. The summed E-state index contributed by atoms with van der Waals surface area (Å²) in [7, 11) is 0. The number of carbonyl (C=O) groups is 1. The minimum Gasteiger partial charge on any atom is -0.378 e. The maximum Gasteiger partial charge on any atom is 0.240 e. The number of carbonyl (C=O) groups excluding carboxylic acids is 1. The van der Waals surface area contributed by atoms with Gasteiger partial charge in [0, 0.05) is 47.7 Å². The summed E-state index contributed by atoms with van der Waals surface area (Å²) in [6.45, 7) is 6.83. The van der Waals surface area contributed by atoms with Crippen LogP contribution in [-0.2, 0) is 22.5 Å². The van der Waals surface area contributed by atoms with Crippen LogP contribution in [-0.4, -0.2) is 63.2 Å². The van der Waals surface area contributed by atoms with Gasteiger partial charge in [-0.25, -0.2) is 4.98 Å². The van der Waals surface area contributed by atoms with Crippen molar-refractivity contribution in [3.05, 3.63) is 59.4 Å². The molecule has 4 heterocycles. The third-order valence-corrected chi connectivity index (χ3v) is 7.00. The maximum atomic E-state index is 12.5. The Hall–Kier alpha value is -2.74. The van der Waals surface area contributed by atoms with Gasteiger partial charge in [-0.3, -0.25) is 14.7 Å². The van der Waals surface area contributed by atoms with Crippen LogP contribution in [0.15, 0.2) is 48.8 Å². The number of pyridine rings is 1. The summed E-state index contributed by atoms with van der Waals surface area (Å²) in [6, 6.07) is 12.9. The number of nitrogens with one attached hydrogen (secondary N) is 1. The summed E-state index contributed by atoms with van der Waals surface area (Å²) in [6.07, 6.45) is 7.30.